The molecule has 0 saturated carbocycles. The third-order valence-corrected chi connectivity index (χ3v) is 4.89. The van der Waals surface area contributed by atoms with E-state index in [0.717, 1.165) is 11.4 Å². The molecule has 0 aliphatic heterocycles. The highest BCUT2D eigenvalue weighted by atomic mass is 32.2. The van der Waals surface area contributed by atoms with Crippen LogP contribution in [0.4, 0.5) is 0 Å². The van der Waals surface area contributed by atoms with Crippen molar-refractivity contribution in [3.05, 3.63) is 34.0 Å². The second kappa shape index (κ2) is 6.04. The van der Waals surface area contributed by atoms with Gasteiger partial charge in [0.05, 0.1) is 12.6 Å². The summed E-state index contributed by atoms with van der Waals surface area (Å²) < 4.78 is 27.4. The lowest BCUT2D eigenvalue weighted by molar-refractivity contribution is 0.393. The van der Waals surface area contributed by atoms with E-state index in [9.17, 15) is 8.42 Å². The van der Waals surface area contributed by atoms with Crippen molar-refractivity contribution in [2.45, 2.75) is 37.9 Å². The highest BCUT2D eigenvalue weighted by Crippen LogP contribution is 2.21. The Bertz CT molecular complexity index is 676. The number of aromatic nitrogens is 1. The first-order chi connectivity index (χ1) is 9.40. The summed E-state index contributed by atoms with van der Waals surface area (Å²) in [7, 11) is -3.78. The minimum atomic E-state index is -3.78. The Morgan fingerprint density at radius 2 is 2.25 bits per heavy atom. The minimum absolute atomic E-state index is 0.0725. The zero-order chi connectivity index (χ0) is 14.8. The van der Waals surface area contributed by atoms with E-state index in [2.05, 4.69) is 17.2 Å². The van der Waals surface area contributed by atoms with E-state index in [1.54, 1.807) is 17.4 Å². The third kappa shape index (κ3) is 3.66. The molecule has 20 heavy (non-hydrogen) atoms. The Kier molecular flexibility index (Phi) is 4.59. The van der Waals surface area contributed by atoms with Crippen LogP contribution in [0, 0.1) is 0 Å². The average molecular weight is 315 g/mol. The van der Waals surface area contributed by atoms with Gasteiger partial charge in [0.15, 0.2) is 0 Å². The number of nitrogens with one attached hydrogen (secondary N) is 1. The van der Waals surface area contributed by atoms with Crippen molar-refractivity contribution >= 4 is 21.4 Å². The predicted molar refractivity (Wildman–Crippen MR) is 76.8 cm³/mol. The Morgan fingerprint density at radius 3 is 2.80 bits per heavy atom. The van der Waals surface area contributed by atoms with Crippen LogP contribution in [-0.2, 0) is 23.0 Å². The maximum atomic E-state index is 11.1. The molecule has 0 aliphatic carbocycles. The van der Waals surface area contributed by atoms with Gasteiger partial charge in [0.2, 0.25) is 5.09 Å². The van der Waals surface area contributed by atoms with Gasteiger partial charge in [-0.3, -0.25) is 0 Å². The standard InChI is InChI=1S/C12H17N3O3S2/c1-3-10-7-15-12(19-10)8(2)14-6-9-4-5-11(18-9)20(13,16)17/h4-5,7-8,14H,3,6H2,1-2H3,(H2,13,16,17). The Morgan fingerprint density at radius 1 is 1.50 bits per heavy atom. The lowest BCUT2D eigenvalue weighted by Crippen LogP contribution is -2.17. The number of hydrogen-bond donors (Lipinski definition) is 2. The summed E-state index contributed by atoms with van der Waals surface area (Å²) in [4.78, 5) is 5.59. The summed E-state index contributed by atoms with van der Waals surface area (Å²) in [6.45, 7) is 4.51. The van der Waals surface area contributed by atoms with Crippen LogP contribution >= 0.6 is 11.3 Å². The van der Waals surface area contributed by atoms with Crippen molar-refractivity contribution in [3.63, 3.8) is 0 Å². The van der Waals surface area contributed by atoms with Crippen molar-refractivity contribution in [3.8, 4) is 0 Å². The summed E-state index contributed by atoms with van der Waals surface area (Å²) in [6.07, 6.45) is 2.85. The summed E-state index contributed by atoms with van der Waals surface area (Å²) in [6, 6.07) is 3.03. The van der Waals surface area contributed by atoms with Gasteiger partial charge in [-0.2, -0.15) is 0 Å². The summed E-state index contributed by atoms with van der Waals surface area (Å²) in [5.41, 5.74) is 0. The monoisotopic (exact) mass is 315 g/mol. The van der Waals surface area contributed by atoms with E-state index >= 15 is 0 Å². The number of furan rings is 1. The van der Waals surface area contributed by atoms with E-state index in [0.29, 0.717) is 12.3 Å². The smallest absolute Gasteiger partial charge is 0.271 e. The van der Waals surface area contributed by atoms with Gasteiger partial charge in [-0.15, -0.1) is 11.3 Å². The molecule has 2 heterocycles. The van der Waals surface area contributed by atoms with Crippen LogP contribution in [0.15, 0.2) is 27.8 Å². The van der Waals surface area contributed by atoms with Crippen LogP contribution in [0.3, 0.4) is 0 Å². The number of nitrogens with zero attached hydrogens (tertiary/aromatic N) is 1. The maximum Gasteiger partial charge on any atom is 0.271 e. The number of rotatable bonds is 6. The zero-order valence-electron chi connectivity index (χ0n) is 11.3. The van der Waals surface area contributed by atoms with Crippen LogP contribution < -0.4 is 10.5 Å². The van der Waals surface area contributed by atoms with Crippen LogP contribution in [0.5, 0.6) is 0 Å². The minimum Gasteiger partial charge on any atom is -0.447 e. The van der Waals surface area contributed by atoms with Crippen molar-refractivity contribution in [1.29, 1.82) is 0 Å². The SMILES string of the molecule is CCc1cnc(C(C)NCc2ccc(S(N)(=O)=O)o2)s1. The number of thiazole rings is 1. The molecule has 0 aliphatic rings. The molecular formula is C12H17N3O3S2. The van der Waals surface area contributed by atoms with E-state index in [-0.39, 0.29) is 11.1 Å². The normalized spacial score (nSPS) is 13.6. The lowest BCUT2D eigenvalue weighted by Gasteiger charge is -2.09. The number of sulfonamides is 1. The quantitative estimate of drug-likeness (QED) is 0.847. The van der Waals surface area contributed by atoms with Gasteiger partial charge in [-0.05, 0) is 25.5 Å². The molecule has 0 radical (unpaired) electrons. The van der Waals surface area contributed by atoms with Crippen molar-refractivity contribution in [2.24, 2.45) is 5.14 Å². The Balaban J connectivity index is 1.96. The molecule has 0 saturated heterocycles. The predicted octanol–water partition coefficient (Wildman–Crippen LogP) is 1.80. The van der Waals surface area contributed by atoms with Crippen LogP contribution in [0.25, 0.3) is 0 Å². The molecule has 0 fully saturated rings. The van der Waals surface area contributed by atoms with Gasteiger partial charge in [-0.1, -0.05) is 6.92 Å². The molecule has 1 atom stereocenters. The first-order valence-corrected chi connectivity index (χ1v) is 8.56. The molecule has 2 aromatic rings. The largest absolute Gasteiger partial charge is 0.447 e. The van der Waals surface area contributed by atoms with Crippen molar-refractivity contribution < 1.29 is 12.8 Å². The third-order valence-electron chi connectivity index (χ3n) is 2.79. The summed E-state index contributed by atoms with van der Waals surface area (Å²) in [5.74, 6) is 0.521. The van der Waals surface area contributed by atoms with Crippen molar-refractivity contribution in [2.75, 3.05) is 0 Å². The topological polar surface area (TPSA) is 98.2 Å². The molecule has 0 bridgehead atoms. The van der Waals surface area contributed by atoms with Gasteiger partial charge in [0.1, 0.15) is 10.8 Å². The van der Waals surface area contributed by atoms with Gasteiger partial charge < -0.3 is 9.73 Å². The van der Waals surface area contributed by atoms with Crippen LogP contribution in [0.1, 0.15) is 35.5 Å². The number of hydrogen-bond acceptors (Lipinski definition) is 6. The van der Waals surface area contributed by atoms with Crippen LogP contribution in [-0.4, -0.2) is 13.4 Å². The lowest BCUT2D eigenvalue weighted by atomic mass is 10.3. The molecule has 0 amide bonds. The Labute approximate surface area is 122 Å². The van der Waals surface area contributed by atoms with Crippen LogP contribution in [0.2, 0.25) is 0 Å². The average Bonchev–Trinajstić information content (AvgIpc) is 3.04. The van der Waals surface area contributed by atoms with Gasteiger partial charge in [0.25, 0.3) is 10.0 Å². The second-order valence-corrected chi connectivity index (χ2v) is 7.03. The molecular weight excluding hydrogens is 298 g/mol. The zero-order valence-corrected chi connectivity index (χ0v) is 12.9. The first kappa shape index (κ1) is 15.2. The van der Waals surface area contributed by atoms with E-state index in [4.69, 9.17) is 9.56 Å². The molecule has 3 N–H and O–H groups in total. The fraction of sp³-hybridized carbons (Fsp3) is 0.417. The molecule has 0 spiro atoms. The first-order valence-electron chi connectivity index (χ1n) is 6.19. The molecule has 6 nitrogen and oxygen atoms in total. The highest BCUT2D eigenvalue weighted by molar-refractivity contribution is 7.89. The van der Waals surface area contributed by atoms with E-state index in [1.807, 2.05) is 13.1 Å². The molecule has 2 aromatic heterocycles. The fourth-order valence-electron chi connectivity index (χ4n) is 1.63. The van der Waals surface area contributed by atoms with E-state index < -0.39 is 10.0 Å². The Hall–Kier alpha value is -1.22. The molecule has 2 rings (SSSR count). The van der Waals surface area contributed by atoms with E-state index in [1.165, 1.54) is 10.9 Å². The number of nitrogens with two attached hydrogens (primary N) is 1. The number of primary sulfonamides is 1. The molecule has 1 unspecified atom stereocenters. The maximum absolute atomic E-state index is 11.1. The van der Waals surface area contributed by atoms with Gasteiger partial charge in [-0.25, -0.2) is 18.5 Å². The number of aryl methyl sites for hydroxylation is 1. The van der Waals surface area contributed by atoms with Gasteiger partial charge >= 0.3 is 0 Å². The second-order valence-electron chi connectivity index (χ2n) is 4.39. The molecule has 0 aromatic carbocycles. The summed E-state index contributed by atoms with van der Waals surface area (Å²) >= 11 is 1.67. The fourth-order valence-corrected chi connectivity index (χ4v) is 3.00. The van der Waals surface area contributed by atoms with Crippen molar-refractivity contribution in [1.82, 2.24) is 10.3 Å². The van der Waals surface area contributed by atoms with Gasteiger partial charge in [0, 0.05) is 11.1 Å². The highest BCUT2D eigenvalue weighted by Gasteiger charge is 2.14. The molecule has 110 valence electrons. The summed E-state index contributed by atoms with van der Waals surface area (Å²) in [5, 5.41) is 9.00. The molecule has 8 heteroatoms.